The van der Waals surface area contributed by atoms with Gasteiger partial charge >= 0.3 is 0 Å². The first-order valence-electron chi connectivity index (χ1n) is 7.06. The molecule has 1 aromatic rings. The number of nitrogens with zero attached hydrogens (tertiary/aromatic N) is 1. The highest BCUT2D eigenvalue weighted by atomic mass is 19.1. The third-order valence-corrected chi connectivity index (χ3v) is 3.66. The average molecular weight is 266 g/mol. The van der Waals surface area contributed by atoms with Crippen LogP contribution in [0.2, 0.25) is 0 Å². The second-order valence-corrected chi connectivity index (χ2v) is 5.03. The third kappa shape index (κ3) is 3.60. The summed E-state index contributed by atoms with van der Waals surface area (Å²) in [6, 6.07) is 5.38. The fraction of sp³-hybridized carbons (Fsp3) is 0.600. The molecule has 0 amide bonds. The lowest BCUT2D eigenvalue weighted by atomic mass is 10.0. The zero-order chi connectivity index (χ0) is 13.7. The molecule has 0 spiro atoms. The Kier molecular flexibility index (Phi) is 5.02. The van der Waals surface area contributed by atoms with Crippen LogP contribution in [0, 0.1) is 5.82 Å². The number of anilines is 1. The topological polar surface area (TPSA) is 24.5 Å². The van der Waals surface area contributed by atoms with E-state index in [1.54, 1.807) is 7.11 Å². The van der Waals surface area contributed by atoms with Gasteiger partial charge in [-0.25, -0.2) is 4.39 Å². The van der Waals surface area contributed by atoms with E-state index in [9.17, 15) is 4.39 Å². The van der Waals surface area contributed by atoms with E-state index in [0.717, 1.165) is 38.2 Å². The molecule has 1 aliphatic heterocycles. The molecule has 3 nitrogen and oxygen atoms in total. The number of piperidine rings is 1. The van der Waals surface area contributed by atoms with Crippen LogP contribution >= 0.6 is 0 Å². The largest absolute Gasteiger partial charge is 0.494 e. The molecule has 106 valence electrons. The highest BCUT2D eigenvalue weighted by molar-refractivity contribution is 5.58. The van der Waals surface area contributed by atoms with Gasteiger partial charge in [0.05, 0.1) is 12.8 Å². The fourth-order valence-electron chi connectivity index (χ4n) is 2.59. The fourth-order valence-corrected chi connectivity index (χ4v) is 2.59. The number of hydrogen-bond donors (Lipinski definition) is 1. The Balaban J connectivity index is 1.97. The van der Waals surface area contributed by atoms with Gasteiger partial charge in [0.1, 0.15) is 11.6 Å². The average Bonchev–Trinajstić information content (AvgIpc) is 2.45. The van der Waals surface area contributed by atoms with E-state index in [1.807, 2.05) is 6.07 Å². The lowest BCUT2D eigenvalue weighted by Crippen LogP contribution is -2.42. The normalized spacial score (nSPS) is 16.7. The standard InChI is InChI=1S/C15H23FN2O/c1-3-8-17-13-6-9-18(10-7-13)14-5-4-12(16)11-15(14)19-2/h4-5,11,13,17H,3,6-10H2,1-2H3. The summed E-state index contributed by atoms with van der Waals surface area (Å²) in [7, 11) is 1.59. The summed E-state index contributed by atoms with van der Waals surface area (Å²) in [5.74, 6) is 0.375. The SMILES string of the molecule is CCCNC1CCN(c2ccc(F)cc2OC)CC1. The van der Waals surface area contributed by atoms with Crippen LogP contribution in [0.4, 0.5) is 10.1 Å². The van der Waals surface area contributed by atoms with Crippen molar-refractivity contribution in [3.05, 3.63) is 24.0 Å². The van der Waals surface area contributed by atoms with E-state index in [0.29, 0.717) is 11.8 Å². The molecule has 2 rings (SSSR count). The van der Waals surface area contributed by atoms with E-state index in [2.05, 4.69) is 17.1 Å². The summed E-state index contributed by atoms with van der Waals surface area (Å²) in [5, 5.41) is 3.56. The predicted molar refractivity (Wildman–Crippen MR) is 76.5 cm³/mol. The van der Waals surface area contributed by atoms with Crippen LogP contribution in [0.25, 0.3) is 0 Å². The number of halogens is 1. The second kappa shape index (κ2) is 6.75. The second-order valence-electron chi connectivity index (χ2n) is 5.03. The molecule has 0 bridgehead atoms. The van der Waals surface area contributed by atoms with Crippen LogP contribution in [0.1, 0.15) is 26.2 Å². The Bertz CT molecular complexity index is 403. The lowest BCUT2D eigenvalue weighted by molar-refractivity contribution is 0.396. The molecule has 0 saturated carbocycles. The van der Waals surface area contributed by atoms with Crippen molar-refractivity contribution >= 4 is 5.69 Å². The summed E-state index contributed by atoms with van der Waals surface area (Å²) >= 11 is 0. The molecule has 19 heavy (non-hydrogen) atoms. The molecule has 4 heteroatoms. The van der Waals surface area contributed by atoms with Crippen molar-refractivity contribution in [2.75, 3.05) is 31.6 Å². The molecule has 0 radical (unpaired) electrons. The van der Waals surface area contributed by atoms with E-state index in [4.69, 9.17) is 4.74 Å². The zero-order valence-corrected chi connectivity index (χ0v) is 11.8. The number of methoxy groups -OCH3 is 1. The minimum atomic E-state index is -0.250. The number of benzene rings is 1. The van der Waals surface area contributed by atoms with Crippen LogP contribution < -0.4 is 15.0 Å². The molecule has 0 aliphatic carbocycles. The first-order chi connectivity index (χ1) is 9.24. The summed E-state index contributed by atoms with van der Waals surface area (Å²) in [6.45, 7) is 5.25. The molecule has 1 fully saturated rings. The Morgan fingerprint density at radius 3 is 2.74 bits per heavy atom. The maximum absolute atomic E-state index is 13.2. The molecule has 1 aliphatic rings. The van der Waals surface area contributed by atoms with Crippen LogP contribution in [-0.4, -0.2) is 32.8 Å². The molecule has 1 N–H and O–H groups in total. The Labute approximate surface area is 114 Å². The number of hydrogen-bond acceptors (Lipinski definition) is 3. The molecule has 0 unspecified atom stereocenters. The Hall–Kier alpha value is -1.29. The van der Waals surface area contributed by atoms with Gasteiger partial charge in [-0.1, -0.05) is 6.92 Å². The van der Waals surface area contributed by atoms with Crippen LogP contribution in [-0.2, 0) is 0 Å². The molecule has 0 aromatic heterocycles. The minimum absolute atomic E-state index is 0.250. The number of nitrogens with one attached hydrogen (secondary N) is 1. The zero-order valence-electron chi connectivity index (χ0n) is 11.8. The molecule has 1 aromatic carbocycles. The number of ether oxygens (including phenoxy) is 1. The molecule has 0 atom stereocenters. The van der Waals surface area contributed by atoms with Crippen LogP contribution in [0.15, 0.2) is 18.2 Å². The van der Waals surface area contributed by atoms with Crippen molar-refractivity contribution in [1.29, 1.82) is 0 Å². The predicted octanol–water partition coefficient (Wildman–Crippen LogP) is 2.80. The monoisotopic (exact) mass is 266 g/mol. The van der Waals surface area contributed by atoms with Crippen molar-refractivity contribution in [3.63, 3.8) is 0 Å². The minimum Gasteiger partial charge on any atom is -0.494 e. The summed E-state index contributed by atoms with van der Waals surface area (Å²) in [5.41, 5.74) is 0.998. The highest BCUT2D eigenvalue weighted by Crippen LogP contribution is 2.30. The van der Waals surface area contributed by atoms with Gasteiger partial charge in [0, 0.05) is 25.2 Å². The Morgan fingerprint density at radius 2 is 2.11 bits per heavy atom. The van der Waals surface area contributed by atoms with E-state index >= 15 is 0 Å². The van der Waals surface area contributed by atoms with Gasteiger partial charge in [0.15, 0.2) is 0 Å². The first kappa shape index (κ1) is 14.1. The first-order valence-corrected chi connectivity index (χ1v) is 7.06. The van der Waals surface area contributed by atoms with Gasteiger partial charge in [-0.3, -0.25) is 0 Å². The summed E-state index contributed by atoms with van der Waals surface area (Å²) in [6.07, 6.45) is 3.42. The number of rotatable bonds is 5. The third-order valence-electron chi connectivity index (χ3n) is 3.66. The van der Waals surface area contributed by atoms with E-state index < -0.39 is 0 Å². The van der Waals surface area contributed by atoms with Gasteiger partial charge in [0.25, 0.3) is 0 Å². The van der Waals surface area contributed by atoms with Gasteiger partial charge in [0.2, 0.25) is 0 Å². The molecule has 1 saturated heterocycles. The maximum Gasteiger partial charge on any atom is 0.145 e. The smallest absolute Gasteiger partial charge is 0.145 e. The van der Waals surface area contributed by atoms with Crippen molar-refractivity contribution in [1.82, 2.24) is 5.32 Å². The van der Waals surface area contributed by atoms with Gasteiger partial charge < -0.3 is 15.0 Å². The van der Waals surface area contributed by atoms with Gasteiger partial charge in [-0.15, -0.1) is 0 Å². The summed E-state index contributed by atoms with van der Waals surface area (Å²) in [4.78, 5) is 2.28. The molecular formula is C15H23FN2O. The van der Waals surface area contributed by atoms with Crippen molar-refractivity contribution in [2.45, 2.75) is 32.2 Å². The lowest BCUT2D eigenvalue weighted by Gasteiger charge is -2.34. The van der Waals surface area contributed by atoms with E-state index in [1.165, 1.54) is 18.6 Å². The Morgan fingerprint density at radius 1 is 1.37 bits per heavy atom. The van der Waals surface area contributed by atoms with Crippen molar-refractivity contribution < 1.29 is 9.13 Å². The van der Waals surface area contributed by atoms with Gasteiger partial charge in [-0.2, -0.15) is 0 Å². The van der Waals surface area contributed by atoms with Crippen molar-refractivity contribution in [2.24, 2.45) is 0 Å². The van der Waals surface area contributed by atoms with E-state index in [-0.39, 0.29) is 5.82 Å². The summed E-state index contributed by atoms with van der Waals surface area (Å²) < 4.78 is 18.5. The van der Waals surface area contributed by atoms with Crippen LogP contribution in [0.5, 0.6) is 5.75 Å². The maximum atomic E-state index is 13.2. The van der Waals surface area contributed by atoms with Crippen molar-refractivity contribution in [3.8, 4) is 5.75 Å². The van der Waals surface area contributed by atoms with Crippen LogP contribution in [0.3, 0.4) is 0 Å². The molecular weight excluding hydrogens is 243 g/mol. The molecule has 1 heterocycles. The highest BCUT2D eigenvalue weighted by Gasteiger charge is 2.21. The van der Waals surface area contributed by atoms with Gasteiger partial charge in [-0.05, 0) is 37.9 Å². The quantitative estimate of drug-likeness (QED) is 0.887.